The summed E-state index contributed by atoms with van der Waals surface area (Å²) in [5.74, 6) is -0.279. The molecule has 3 heterocycles. The van der Waals surface area contributed by atoms with Gasteiger partial charge in [-0.05, 0) is 19.9 Å². The second kappa shape index (κ2) is 5.36. The van der Waals surface area contributed by atoms with E-state index in [1.54, 1.807) is 11.0 Å². The number of carbonyl (C=O) groups excluding carboxylic acids is 1. The molecule has 130 valence electrons. The second-order valence-corrected chi connectivity index (χ2v) is 7.39. The minimum atomic E-state index is -0.510. The predicted octanol–water partition coefficient (Wildman–Crippen LogP) is 2.08. The van der Waals surface area contributed by atoms with Crippen molar-refractivity contribution in [3.8, 4) is 11.5 Å². The molecule has 3 aliphatic heterocycles. The Balaban J connectivity index is 1.52. The summed E-state index contributed by atoms with van der Waals surface area (Å²) < 4.78 is 17.2. The van der Waals surface area contributed by atoms with E-state index in [1.807, 2.05) is 19.9 Å². The SMILES string of the molecule is CC1(C)Cc2ccc(C(=O)N3CCC4(CC3)OCCO4)c(O)c2O1. The topological polar surface area (TPSA) is 68.2 Å². The van der Waals surface area contributed by atoms with Gasteiger partial charge in [0.25, 0.3) is 5.91 Å². The van der Waals surface area contributed by atoms with Crippen LogP contribution in [0.15, 0.2) is 12.1 Å². The van der Waals surface area contributed by atoms with Crippen molar-refractivity contribution >= 4 is 5.91 Å². The highest BCUT2D eigenvalue weighted by molar-refractivity contribution is 5.98. The van der Waals surface area contributed by atoms with E-state index in [-0.39, 0.29) is 17.3 Å². The highest BCUT2D eigenvalue weighted by Gasteiger charge is 2.41. The molecule has 6 heteroatoms. The fraction of sp³-hybridized carbons (Fsp3) is 0.611. The molecule has 2 saturated heterocycles. The van der Waals surface area contributed by atoms with Crippen LogP contribution in [0.2, 0.25) is 0 Å². The van der Waals surface area contributed by atoms with Gasteiger partial charge in [-0.25, -0.2) is 0 Å². The number of likely N-dealkylation sites (tertiary alicyclic amines) is 1. The zero-order valence-electron chi connectivity index (χ0n) is 14.1. The molecule has 2 fully saturated rings. The first-order valence-electron chi connectivity index (χ1n) is 8.50. The van der Waals surface area contributed by atoms with E-state index in [4.69, 9.17) is 14.2 Å². The normalized spacial score (nSPS) is 24.0. The number of aromatic hydroxyl groups is 1. The van der Waals surface area contributed by atoms with Crippen LogP contribution >= 0.6 is 0 Å². The standard InChI is InChI=1S/C18H23NO5/c1-17(2)11-12-3-4-13(14(20)15(12)24-17)16(21)19-7-5-18(6-8-19)22-9-10-23-18/h3-4,20H,5-11H2,1-2H3. The predicted molar refractivity (Wildman–Crippen MR) is 86.3 cm³/mol. The lowest BCUT2D eigenvalue weighted by molar-refractivity contribution is -0.181. The maximum Gasteiger partial charge on any atom is 0.257 e. The van der Waals surface area contributed by atoms with Gasteiger partial charge in [0.2, 0.25) is 0 Å². The molecule has 1 aromatic carbocycles. The average Bonchev–Trinajstić information content (AvgIpc) is 3.12. The molecule has 6 nitrogen and oxygen atoms in total. The average molecular weight is 333 g/mol. The maximum absolute atomic E-state index is 12.8. The van der Waals surface area contributed by atoms with Gasteiger partial charge >= 0.3 is 0 Å². The number of phenols is 1. The van der Waals surface area contributed by atoms with Crippen molar-refractivity contribution in [3.05, 3.63) is 23.3 Å². The number of hydrogen-bond donors (Lipinski definition) is 1. The summed E-state index contributed by atoms with van der Waals surface area (Å²) in [5, 5.41) is 10.5. The number of amides is 1. The van der Waals surface area contributed by atoms with Crippen molar-refractivity contribution in [3.63, 3.8) is 0 Å². The zero-order chi connectivity index (χ0) is 16.9. The Morgan fingerprint density at radius 2 is 1.83 bits per heavy atom. The van der Waals surface area contributed by atoms with Crippen LogP contribution in [0.4, 0.5) is 0 Å². The quantitative estimate of drug-likeness (QED) is 0.852. The van der Waals surface area contributed by atoms with Crippen LogP contribution in [0.25, 0.3) is 0 Å². The molecule has 24 heavy (non-hydrogen) atoms. The highest BCUT2D eigenvalue weighted by atomic mass is 16.7. The fourth-order valence-corrected chi connectivity index (χ4v) is 3.82. The summed E-state index contributed by atoms with van der Waals surface area (Å²) >= 11 is 0. The first kappa shape index (κ1) is 15.7. The molecule has 3 aliphatic rings. The van der Waals surface area contributed by atoms with Gasteiger partial charge < -0.3 is 24.2 Å². The number of benzene rings is 1. The number of piperidine rings is 1. The highest BCUT2D eigenvalue weighted by Crippen LogP contribution is 2.43. The summed E-state index contributed by atoms with van der Waals surface area (Å²) in [6.07, 6.45) is 2.05. The van der Waals surface area contributed by atoms with Crippen molar-refractivity contribution < 1.29 is 24.1 Å². The Labute approximate surface area is 141 Å². The lowest BCUT2D eigenvalue weighted by Gasteiger charge is -2.37. The van der Waals surface area contributed by atoms with Crippen molar-refractivity contribution in [2.24, 2.45) is 0 Å². The number of ether oxygens (including phenoxy) is 3. The van der Waals surface area contributed by atoms with E-state index in [9.17, 15) is 9.90 Å². The zero-order valence-corrected chi connectivity index (χ0v) is 14.1. The third-order valence-electron chi connectivity index (χ3n) is 5.06. The fourth-order valence-electron chi connectivity index (χ4n) is 3.82. The molecular weight excluding hydrogens is 310 g/mol. The van der Waals surface area contributed by atoms with Crippen LogP contribution in [-0.4, -0.2) is 53.6 Å². The van der Waals surface area contributed by atoms with Crippen LogP contribution in [0.1, 0.15) is 42.6 Å². The Morgan fingerprint density at radius 1 is 1.17 bits per heavy atom. The largest absolute Gasteiger partial charge is 0.504 e. The molecule has 0 aromatic heterocycles. The summed E-state index contributed by atoms with van der Waals surface area (Å²) in [7, 11) is 0. The Bertz CT molecular complexity index is 668. The number of hydrogen-bond acceptors (Lipinski definition) is 5. The Morgan fingerprint density at radius 3 is 2.50 bits per heavy atom. The number of nitrogens with zero attached hydrogens (tertiary/aromatic N) is 1. The summed E-state index contributed by atoms with van der Waals surface area (Å²) in [5.41, 5.74) is 0.894. The van der Waals surface area contributed by atoms with E-state index in [2.05, 4.69) is 0 Å². The third kappa shape index (κ3) is 2.54. The van der Waals surface area contributed by atoms with Crippen molar-refractivity contribution in [2.75, 3.05) is 26.3 Å². The monoisotopic (exact) mass is 333 g/mol. The first-order chi connectivity index (χ1) is 11.4. The molecule has 0 atom stereocenters. The van der Waals surface area contributed by atoms with Crippen LogP contribution in [0, 0.1) is 0 Å². The summed E-state index contributed by atoms with van der Waals surface area (Å²) in [6.45, 7) is 6.29. The van der Waals surface area contributed by atoms with Gasteiger partial charge in [0.1, 0.15) is 5.60 Å². The van der Waals surface area contributed by atoms with E-state index in [0.29, 0.717) is 50.5 Å². The number of phenolic OH excluding ortho intramolecular Hbond substituents is 1. The number of rotatable bonds is 1. The number of fused-ring (bicyclic) bond motifs is 1. The molecule has 0 aliphatic carbocycles. The van der Waals surface area contributed by atoms with Crippen molar-refractivity contribution in [2.45, 2.75) is 44.5 Å². The molecular formula is C18H23NO5. The van der Waals surface area contributed by atoms with Gasteiger partial charge in [-0.2, -0.15) is 0 Å². The first-order valence-corrected chi connectivity index (χ1v) is 8.50. The molecule has 0 saturated carbocycles. The van der Waals surface area contributed by atoms with Gasteiger partial charge in [-0.15, -0.1) is 0 Å². The van der Waals surface area contributed by atoms with E-state index in [0.717, 1.165) is 12.0 Å². The lowest BCUT2D eigenvalue weighted by Crippen LogP contribution is -2.47. The maximum atomic E-state index is 12.8. The molecule has 0 bridgehead atoms. The Hall–Kier alpha value is -1.79. The van der Waals surface area contributed by atoms with Gasteiger partial charge in [-0.1, -0.05) is 6.07 Å². The van der Waals surface area contributed by atoms with E-state index >= 15 is 0 Å². The number of carbonyl (C=O) groups is 1. The minimum Gasteiger partial charge on any atom is -0.504 e. The lowest BCUT2D eigenvalue weighted by atomic mass is 9.99. The molecule has 1 amide bonds. The molecule has 0 unspecified atom stereocenters. The molecule has 1 N–H and O–H groups in total. The van der Waals surface area contributed by atoms with Gasteiger partial charge in [-0.3, -0.25) is 4.79 Å². The Kier molecular flexibility index (Phi) is 3.51. The van der Waals surface area contributed by atoms with Crippen LogP contribution in [0.3, 0.4) is 0 Å². The van der Waals surface area contributed by atoms with E-state index < -0.39 is 5.79 Å². The minimum absolute atomic E-state index is 0.0447. The van der Waals surface area contributed by atoms with Crippen molar-refractivity contribution in [1.29, 1.82) is 0 Å². The van der Waals surface area contributed by atoms with E-state index in [1.165, 1.54) is 0 Å². The van der Waals surface area contributed by atoms with Gasteiger partial charge in [0.15, 0.2) is 17.3 Å². The van der Waals surface area contributed by atoms with Gasteiger partial charge in [0.05, 0.1) is 18.8 Å². The molecule has 4 rings (SSSR count). The summed E-state index contributed by atoms with van der Waals surface area (Å²) in [4.78, 5) is 14.6. The third-order valence-corrected chi connectivity index (χ3v) is 5.06. The second-order valence-electron chi connectivity index (χ2n) is 7.39. The van der Waals surface area contributed by atoms with Crippen LogP contribution < -0.4 is 4.74 Å². The smallest absolute Gasteiger partial charge is 0.257 e. The van der Waals surface area contributed by atoms with Crippen molar-refractivity contribution in [1.82, 2.24) is 4.90 Å². The molecule has 0 radical (unpaired) electrons. The van der Waals surface area contributed by atoms with Gasteiger partial charge in [0, 0.05) is 37.9 Å². The molecule has 1 spiro atoms. The molecule has 1 aromatic rings. The van der Waals surface area contributed by atoms with Crippen LogP contribution in [0.5, 0.6) is 11.5 Å². The summed E-state index contributed by atoms with van der Waals surface area (Å²) in [6, 6.07) is 3.58. The van der Waals surface area contributed by atoms with Crippen LogP contribution in [-0.2, 0) is 15.9 Å².